The number of carbonyl (C=O) groups excluding carboxylic acids is 3. The van der Waals surface area contributed by atoms with Crippen molar-refractivity contribution >= 4 is 35.3 Å². The summed E-state index contributed by atoms with van der Waals surface area (Å²) in [5.41, 5.74) is -0.301. The van der Waals surface area contributed by atoms with Crippen LogP contribution in [0, 0.1) is 5.82 Å². The van der Waals surface area contributed by atoms with Crippen molar-refractivity contribution in [2.45, 2.75) is 52.6 Å². The molecule has 0 radical (unpaired) electrons. The molecule has 0 atom stereocenters. The molecule has 0 saturated carbocycles. The van der Waals surface area contributed by atoms with Crippen LogP contribution < -0.4 is 10.6 Å². The number of nitrogens with one attached hydrogen (secondary N) is 2. The van der Waals surface area contributed by atoms with E-state index in [4.69, 9.17) is 16.2 Å². The Morgan fingerprint density at radius 2 is 1.81 bits per heavy atom. The Balaban J connectivity index is 1.51. The number of carbonyl (C=O) groups is 3. The Morgan fingerprint density at radius 3 is 2.43 bits per heavy atom. The summed E-state index contributed by atoms with van der Waals surface area (Å²) in [4.78, 5) is 41.1. The smallest absolute Gasteiger partial charge is 0.319 e. The summed E-state index contributed by atoms with van der Waals surface area (Å²) in [6.45, 7) is 10.6. The number of benzene rings is 1. The lowest BCUT2D eigenvalue weighted by Gasteiger charge is -2.34. The average Bonchev–Trinajstić information content (AvgIpc) is 3.32. The molecule has 1 aliphatic rings. The Kier molecular flexibility index (Phi) is 9.56. The Labute approximate surface area is 222 Å². The van der Waals surface area contributed by atoms with E-state index in [1.54, 1.807) is 17.0 Å². The van der Waals surface area contributed by atoms with Crippen molar-refractivity contribution in [3.05, 3.63) is 53.2 Å². The number of hydrogen-bond acceptors (Lipinski definition) is 5. The highest BCUT2D eigenvalue weighted by Gasteiger charge is 2.29. The van der Waals surface area contributed by atoms with Crippen LogP contribution in [0.3, 0.4) is 0 Å². The van der Waals surface area contributed by atoms with Gasteiger partial charge in [-0.1, -0.05) is 13.3 Å². The van der Waals surface area contributed by atoms with Crippen molar-refractivity contribution in [1.29, 1.82) is 0 Å². The van der Waals surface area contributed by atoms with Crippen LogP contribution in [0.15, 0.2) is 34.7 Å². The molecule has 37 heavy (non-hydrogen) atoms. The summed E-state index contributed by atoms with van der Waals surface area (Å²) in [7, 11) is 0. The zero-order chi connectivity index (χ0) is 27.2. The molecular weight excluding hydrogens is 501 g/mol. The maximum absolute atomic E-state index is 14.5. The van der Waals surface area contributed by atoms with Crippen LogP contribution in [0.5, 0.6) is 0 Å². The van der Waals surface area contributed by atoms with Crippen LogP contribution >= 0.6 is 11.8 Å². The van der Waals surface area contributed by atoms with Gasteiger partial charge in [0.1, 0.15) is 11.6 Å². The molecule has 1 saturated heterocycles. The molecule has 0 spiro atoms. The van der Waals surface area contributed by atoms with E-state index in [-0.39, 0.29) is 22.9 Å². The zero-order valence-corrected chi connectivity index (χ0v) is 22.5. The van der Waals surface area contributed by atoms with Crippen molar-refractivity contribution in [3.8, 4) is 0 Å². The van der Waals surface area contributed by atoms with Crippen LogP contribution in [-0.2, 0) is 6.54 Å². The van der Waals surface area contributed by atoms with Gasteiger partial charge < -0.3 is 20.0 Å². The monoisotopic (exact) mass is 535 g/mol. The highest BCUT2D eigenvalue weighted by Crippen LogP contribution is 2.22. The molecular formula is C26H35ClFN5O4. The SMILES string of the molecule is CCCCNC(=O)Nc1ccc(C(=O)N2CCN(Cc3ccc(C(=O)N(Cl)C(C)(C)C)o3)CC2)cc1F. The molecule has 2 N–H and O–H groups in total. The van der Waals surface area contributed by atoms with Gasteiger partial charge in [0.2, 0.25) is 0 Å². The minimum atomic E-state index is -0.666. The normalized spacial score (nSPS) is 14.4. The highest BCUT2D eigenvalue weighted by molar-refractivity contribution is 6.24. The van der Waals surface area contributed by atoms with Crippen LogP contribution in [0.4, 0.5) is 14.9 Å². The molecule has 0 aliphatic carbocycles. The summed E-state index contributed by atoms with van der Waals surface area (Å²) in [5, 5.41) is 5.13. The zero-order valence-electron chi connectivity index (χ0n) is 21.8. The number of halogens is 2. The Morgan fingerprint density at radius 1 is 1.11 bits per heavy atom. The third kappa shape index (κ3) is 7.69. The maximum atomic E-state index is 14.5. The minimum absolute atomic E-state index is 0.0199. The van der Waals surface area contributed by atoms with E-state index in [0.29, 0.717) is 45.0 Å². The van der Waals surface area contributed by atoms with E-state index in [0.717, 1.165) is 23.3 Å². The van der Waals surface area contributed by atoms with E-state index < -0.39 is 23.3 Å². The summed E-state index contributed by atoms with van der Waals surface area (Å²) in [6, 6.07) is 6.94. The largest absolute Gasteiger partial charge is 0.455 e. The number of urea groups is 1. The van der Waals surface area contributed by atoms with Crippen LogP contribution in [-0.4, -0.2) is 70.3 Å². The lowest BCUT2D eigenvalue weighted by atomic mass is 10.1. The number of amides is 4. The van der Waals surface area contributed by atoms with Gasteiger partial charge in [-0.05, 0) is 57.5 Å². The summed E-state index contributed by atoms with van der Waals surface area (Å²) < 4.78 is 21.4. The van der Waals surface area contributed by atoms with Crippen molar-refractivity contribution in [1.82, 2.24) is 19.5 Å². The number of anilines is 1. The van der Waals surface area contributed by atoms with Crippen LogP contribution in [0.25, 0.3) is 0 Å². The maximum Gasteiger partial charge on any atom is 0.319 e. The van der Waals surface area contributed by atoms with Gasteiger partial charge >= 0.3 is 11.9 Å². The van der Waals surface area contributed by atoms with Gasteiger partial charge in [-0.15, -0.1) is 0 Å². The summed E-state index contributed by atoms with van der Waals surface area (Å²) in [5.74, 6) is -0.535. The Bertz CT molecular complexity index is 1110. The number of rotatable bonds is 8. The number of furan rings is 1. The highest BCUT2D eigenvalue weighted by atomic mass is 35.5. The van der Waals surface area contributed by atoms with Crippen molar-refractivity contribution < 1.29 is 23.2 Å². The van der Waals surface area contributed by atoms with E-state index >= 15 is 0 Å². The first-order valence-corrected chi connectivity index (χ1v) is 12.8. The molecule has 1 aliphatic heterocycles. The van der Waals surface area contributed by atoms with Crippen molar-refractivity contribution in [2.75, 3.05) is 38.0 Å². The third-order valence-electron chi connectivity index (χ3n) is 5.96. The lowest BCUT2D eigenvalue weighted by Crippen LogP contribution is -2.48. The molecule has 2 heterocycles. The molecule has 11 heteroatoms. The van der Waals surface area contributed by atoms with Gasteiger partial charge in [0.25, 0.3) is 5.91 Å². The first-order valence-electron chi connectivity index (χ1n) is 12.4. The second-order valence-corrected chi connectivity index (χ2v) is 10.4. The van der Waals surface area contributed by atoms with Gasteiger partial charge in [-0.2, -0.15) is 0 Å². The summed E-state index contributed by atoms with van der Waals surface area (Å²) >= 11 is 6.13. The molecule has 0 unspecified atom stereocenters. The van der Waals surface area contributed by atoms with Crippen LogP contribution in [0.2, 0.25) is 0 Å². The standard InChI is InChI=1S/C26H35ClFN5O4/c1-5-6-11-29-25(36)30-21-9-7-18(16-20(21)28)23(34)32-14-12-31(13-15-32)17-19-8-10-22(37-19)24(35)33(27)26(2,3)4/h7-10,16H,5-6,11-15,17H2,1-4H3,(H2,29,30,36). The number of unbranched alkanes of at least 4 members (excludes halogenated alkanes) is 1. The third-order valence-corrected chi connectivity index (χ3v) is 6.62. The molecule has 1 fully saturated rings. The van der Waals surface area contributed by atoms with Gasteiger partial charge in [0, 0.05) is 50.1 Å². The predicted octanol–water partition coefficient (Wildman–Crippen LogP) is 4.69. The molecule has 1 aromatic heterocycles. The van der Waals surface area contributed by atoms with E-state index in [1.807, 2.05) is 27.7 Å². The first-order chi connectivity index (χ1) is 17.5. The van der Waals surface area contributed by atoms with E-state index in [2.05, 4.69) is 15.5 Å². The molecule has 3 rings (SSSR count). The fourth-order valence-corrected chi connectivity index (χ4v) is 3.87. The van der Waals surface area contributed by atoms with E-state index in [1.165, 1.54) is 12.1 Å². The quantitative estimate of drug-likeness (QED) is 0.377. The van der Waals surface area contributed by atoms with Gasteiger partial charge in [-0.3, -0.25) is 14.5 Å². The second-order valence-electron chi connectivity index (χ2n) is 10.0. The molecule has 9 nitrogen and oxygen atoms in total. The molecule has 1 aromatic carbocycles. The Hall–Kier alpha value is -3.11. The molecule has 2 aromatic rings. The van der Waals surface area contributed by atoms with Crippen molar-refractivity contribution in [2.24, 2.45) is 0 Å². The van der Waals surface area contributed by atoms with Crippen molar-refractivity contribution in [3.63, 3.8) is 0 Å². The number of nitrogens with zero attached hydrogens (tertiary/aromatic N) is 3. The first kappa shape index (κ1) is 28.5. The predicted molar refractivity (Wildman–Crippen MR) is 140 cm³/mol. The van der Waals surface area contributed by atoms with Gasteiger partial charge in [0.05, 0.1) is 17.8 Å². The van der Waals surface area contributed by atoms with Crippen LogP contribution in [0.1, 0.15) is 67.2 Å². The van der Waals surface area contributed by atoms with E-state index in [9.17, 15) is 18.8 Å². The lowest BCUT2D eigenvalue weighted by molar-refractivity contribution is 0.0614. The molecule has 0 bridgehead atoms. The topological polar surface area (TPSA) is 98.1 Å². The average molecular weight is 536 g/mol. The number of piperazine rings is 1. The van der Waals surface area contributed by atoms with Gasteiger partial charge in [0.15, 0.2) is 5.76 Å². The molecule has 4 amide bonds. The fourth-order valence-electron chi connectivity index (χ4n) is 3.79. The molecule has 202 valence electrons. The number of hydrogen-bond donors (Lipinski definition) is 2. The summed E-state index contributed by atoms with van der Waals surface area (Å²) in [6.07, 6.45) is 1.78. The second kappa shape index (κ2) is 12.4. The minimum Gasteiger partial charge on any atom is -0.455 e. The fraction of sp³-hybridized carbons (Fsp3) is 0.500. The van der Waals surface area contributed by atoms with Gasteiger partial charge in [-0.25, -0.2) is 13.6 Å².